The molecule has 0 atom stereocenters. The minimum atomic E-state index is -0.545. The van der Waals surface area contributed by atoms with Crippen LogP contribution in [-0.4, -0.2) is 16.5 Å². The Labute approximate surface area is 118 Å². The number of hydrogen-bond donors (Lipinski definition) is 0. The van der Waals surface area contributed by atoms with Crippen LogP contribution >= 0.6 is 11.8 Å². The normalized spacial score (nSPS) is 10.2. The zero-order chi connectivity index (χ0) is 14.5. The maximum absolute atomic E-state index is 13.0. The highest BCUT2D eigenvalue weighted by Crippen LogP contribution is 2.21. The molecule has 0 bridgehead atoms. The van der Waals surface area contributed by atoms with Crippen LogP contribution < -0.4 is 0 Å². The summed E-state index contributed by atoms with van der Waals surface area (Å²) in [6, 6.07) is 11.5. The Hall–Kier alpha value is -2.21. The Morgan fingerprint density at radius 1 is 1.20 bits per heavy atom. The molecule has 0 saturated heterocycles. The van der Waals surface area contributed by atoms with Crippen LogP contribution in [-0.2, 0) is 0 Å². The molecule has 2 aromatic carbocycles. The van der Waals surface area contributed by atoms with Gasteiger partial charge in [-0.1, -0.05) is 18.2 Å². The van der Waals surface area contributed by atoms with Crippen molar-refractivity contribution in [1.29, 1.82) is 0 Å². The molecule has 0 aliphatic carbocycles. The van der Waals surface area contributed by atoms with Crippen LogP contribution in [0.1, 0.15) is 10.4 Å². The highest BCUT2D eigenvalue weighted by Gasteiger charge is 2.11. The molecule has 0 radical (unpaired) electrons. The third-order valence-electron chi connectivity index (χ3n) is 2.54. The standard InChI is InChI=1S/C14H10FNO3S/c15-11-4-2-6-13(8-11)20-9-14(17)10-3-1-5-12(7-10)16(18)19/h1-8H,9H2. The largest absolute Gasteiger partial charge is 0.293 e. The third kappa shape index (κ3) is 3.64. The van der Waals surface area contributed by atoms with Gasteiger partial charge in [0.25, 0.3) is 5.69 Å². The number of thioether (sulfide) groups is 1. The fourth-order valence-electron chi connectivity index (χ4n) is 1.58. The molecule has 102 valence electrons. The van der Waals surface area contributed by atoms with Crippen molar-refractivity contribution in [1.82, 2.24) is 0 Å². The predicted octanol–water partition coefficient (Wildman–Crippen LogP) is 3.71. The maximum atomic E-state index is 13.0. The van der Waals surface area contributed by atoms with Gasteiger partial charge in [-0.05, 0) is 18.2 Å². The van der Waals surface area contributed by atoms with Crippen molar-refractivity contribution in [2.45, 2.75) is 4.90 Å². The van der Waals surface area contributed by atoms with Crippen LogP contribution in [0.3, 0.4) is 0 Å². The zero-order valence-electron chi connectivity index (χ0n) is 10.3. The number of rotatable bonds is 5. The van der Waals surface area contributed by atoms with E-state index in [1.807, 2.05) is 0 Å². The number of carbonyl (C=O) groups excluding carboxylic acids is 1. The van der Waals surface area contributed by atoms with E-state index in [9.17, 15) is 19.3 Å². The van der Waals surface area contributed by atoms with Crippen LogP contribution in [0, 0.1) is 15.9 Å². The monoisotopic (exact) mass is 291 g/mol. The molecule has 2 aromatic rings. The second-order valence-corrected chi connectivity index (χ2v) is 5.03. The molecule has 4 nitrogen and oxygen atoms in total. The van der Waals surface area contributed by atoms with E-state index in [0.717, 1.165) is 0 Å². The minimum absolute atomic E-state index is 0.102. The Morgan fingerprint density at radius 3 is 2.65 bits per heavy atom. The summed E-state index contributed by atoms with van der Waals surface area (Å²) in [7, 11) is 0. The molecule has 2 rings (SSSR count). The molecule has 0 fully saturated rings. The second-order valence-electron chi connectivity index (χ2n) is 3.98. The molecule has 20 heavy (non-hydrogen) atoms. The van der Waals surface area contributed by atoms with Crippen LogP contribution in [0.2, 0.25) is 0 Å². The first-order valence-electron chi connectivity index (χ1n) is 5.72. The summed E-state index contributed by atoms with van der Waals surface area (Å²) < 4.78 is 13.0. The molecule has 0 aliphatic heterocycles. The average Bonchev–Trinajstić information content (AvgIpc) is 2.45. The molecule has 0 spiro atoms. The van der Waals surface area contributed by atoms with Crippen LogP contribution in [0.4, 0.5) is 10.1 Å². The molecule has 0 aromatic heterocycles. The van der Waals surface area contributed by atoms with E-state index in [1.165, 1.54) is 48.2 Å². The lowest BCUT2D eigenvalue weighted by Gasteiger charge is -2.02. The third-order valence-corrected chi connectivity index (χ3v) is 3.54. The zero-order valence-corrected chi connectivity index (χ0v) is 11.1. The molecule has 0 saturated carbocycles. The number of halogens is 1. The van der Waals surface area contributed by atoms with Crippen molar-refractivity contribution in [2.75, 3.05) is 5.75 Å². The van der Waals surface area contributed by atoms with Gasteiger partial charge in [0.2, 0.25) is 0 Å². The van der Waals surface area contributed by atoms with Crippen molar-refractivity contribution in [3.63, 3.8) is 0 Å². The molecule has 0 heterocycles. The number of hydrogen-bond acceptors (Lipinski definition) is 4. The number of Topliss-reactive ketones (excluding diaryl/α,β-unsaturated/α-hetero) is 1. The summed E-state index contributed by atoms with van der Waals surface area (Å²) in [6.45, 7) is 0. The number of benzene rings is 2. The van der Waals surface area contributed by atoms with Gasteiger partial charge >= 0.3 is 0 Å². The van der Waals surface area contributed by atoms with E-state index < -0.39 is 4.92 Å². The number of carbonyl (C=O) groups is 1. The lowest BCUT2D eigenvalue weighted by Crippen LogP contribution is -2.03. The Balaban J connectivity index is 2.05. The quantitative estimate of drug-likeness (QED) is 0.364. The number of nitro benzene ring substituents is 1. The van der Waals surface area contributed by atoms with Crippen molar-refractivity contribution in [2.24, 2.45) is 0 Å². The van der Waals surface area contributed by atoms with Gasteiger partial charge < -0.3 is 0 Å². The van der Waals surface area contributed by atoms with Crippen LogP contribution in [0.25, 0.3) is 0 Å². The number of nitrogens with zero attached hydrogens (tertiary/aromatic N) is 1. The van der Waals surface area contributed by atoms with E-state index in [-0.39, 0.29) is 28.6 Å². The van der Waals surface area contributed by atoms with Crippen molar-refractivity contribution in [3.05, 3.63) is 70.0 Å². The molecular formula is C14H10FNO3S. The van der Waals surface area contributed by atoms with Gasteiger partial charge in [0, 0.05) is 22.6 Å². The lowest BCUT2D eigenvalue weighted by atomic mass is 10.1. The van der Waals surface area contributed by atoms with Gasteiger partial charge in [-0.3, -0.25) is 14.9 Å². The highest BCUT2D eigenvalue weighted by atomic mass is 32.2. The van der Waals surface area contributed by atoms with Crippen LogP contribution in [0.15, 0.2) is 53.4 Å². The Morgan fingerprint density at radius 2 is 1.95 bits per heavy atom. The number of ketones is 1. The van der Waals surface area contributed by atoms with E-state index in [2.05, 4.69) is 0 Å². The van der Waals surface area contributed by atoms with Crippen molar-refractivity contribution in [3.8, 4) is 0 Å². The fourth-order valence-corrected chi connectivity index (χ4v) is 2.42. The van der Waals surface area contributed by atoms with Gasteiger partial charge in [0.15, 0.2) is 5.78 Å². The first-order chi connectivity index (χ1) is 9.56. The summed E-state index contributed by atoms with van der Waals surface area (Å²) in [6.07, 6.45) is 0. The fraction of sp³-hybridized carbons (Fsp3) is 0.0714. The Bertz CT molecular complexity index is 660. The second kappa shape index (κ2) is 6.29. The van der Waals surface area contributed by atoms with E-state index in [1.54, 1.807) is 12.1 Å². The Kier molecular flexibility index (Phi) is 4.47. The minimum Gasteiger partial charge on any atom is -0.293 e. The van der Waals surface area contributed by atoms with Gasteiger partial charge in [0.05, 0.1) is 10.7 Å². The molecule has 0 amide bonds. The van der Waals surface area contributed by atoms with Gasteiger partial charge in [-0.15, -0.1) is 11.8 Å². The molecular weight excluding hydrogens is 281 g/mol. The van der Waals surface area contributed by atoms with Crippen LogP contribution in [0.5, 0.6) is 0 Å². The van der Waals surface area contributed by atoms with Gasteiger partial charge in [0.1, 0.15) is 5.82 Å². The summed E-state index contributed by atoms with van der Waals surface area (Å²) in [5.74, 6) is -0.495. The van der Waals surface area contributed by atoms with E-state index in [4.69, 9.17) is 0 Å². The summed E-state index contributed by atoms with van der Waals surface area (Å²) in [5, 5.41) is 10.6. The molecule has 0 N–H and O–H groups in total. The van der Waals surface area contributed by atoms with Crippen molar-refractivity contribution < 1.29 is 14.1 Å². The molecule has 0 aliphatic rings. The maximum Gasteiger partial charge on any atom is 0.270 e. The molecule has 0 unspecified atom stereocenters. The summed E-state index contributed by atoms with van der Waals surface area (Å²) in [5.41, 5.74) is 0.162. The number of nitro groups is 1. The van der Waals surface area contributed by atoms with Gasteiger partial charge in [-0.2, -0.15) is 0 Å². The SMILES string of the molecule is O=C(CSc1cccc(F)c1)c1cccc([N+](=O)[O-])c1. The highest BCUT2D eigenvalue weighted by molar-refractivity contribution is 8.00. The lowest BCUT2D eigenvalue weighted by molar-refractivity contribution is -0.384. The van der Waals surface area contributed by atoms with Gasteiger partial charge in [-0.25, -0.2) is 4.39 Å². The van der Waals surface area contributed by atoms with E-state index in [0.29, 0.717) is 4.90 Å². The van der Waals surface area contributed by atoms with E-state index >= 15 is 0 Å². The first-order valence-corrected chi connectivity index (χ1v) is 6.71. The number of non-ortho nitro benzene ring substituents is 1. The summed E-state index contributed by atoms with van der Waals surface area (Å²) in [4.78, 5) is 22.7. The first kappa shape index (κ1) is 14.2. The summed E-state index contributed by atoms with van der Waals surface area (Å²) >= 11 is 1.19. The predicted molar refractivity (Wildman–Crippen MR) is 74.6 cm³/mol. The van der Waals surface area contributed by atoms with Crippen molar-refractivity contribution >= 4 is 23.2 Å². The average molecular weight is 291 g/mol. The topological polar surface area (TPSA) is 60.2 Å². The molecule has 6 heteroatoms. The smallest absolute Gasteiger partial charge is 0.270 e.